The Morgan fingerprint density at radius 3 is 2.30 bits per heavy atom. The van der Waals surface area contributed by atoms with Crippen LogP contribution < -0.4 is 0 Å². The molecule has 0 aliphatic carbocycles. The van der Waals surface area contributed by atoms with Crippen molar-refractivity contribution in [3.05, 3.63) is 0 Å². The van der Waals surface area contributed by atoms with Crippen LogP contribution in [0, 0.1) is 5.92 Å². The molecule has 60 valence electrons. The third kappa shape index (κ3) is 3.62. The minimum Gasteiger partial charge on any atom is -0.385 e. The van der Waals surface area contributed by atoms with E-state index in [0.717, 1.165) is 0 Å². The van der Waals surface area contributed by atoms with Crippen molar-refractivity contribution in [1.29, 1.82) is 0 Å². The molecule has 0 aromatic rings. The topological polar surface area (TPSA) is 37.3 Å². The van der Waals surface area contributed by atoms with Crippen molar-refractivity contribution in [1.82, 2.24) is 0 Å². The number of carbonyl (C=O) groups is 1. The molecule has 0 heterocycles. The number of carbonyl (C=O) groups excluding carboxylic acids is 1. The predicted molar refractivity (Wildman–Crippen MR) is 40.8 cm³/mol. The van der Waals surface area contributed by atoms with Crippen molar-refractivity contribution in [2.45, 2.75) is 39.7 Å². The van der Waals surface area contributed by atoms with Gasteiger partial charge in [0.15, 0.2) is 5.78 Å². The number of hydrogen-bond acceptors (Lipinski definition) is 2. The average molecular weight is 144 g/mol. The highest BCUT2D eigenvalue weighted by Gasteiger charge is 2.13. The van der Waals surface area contributed by atoms with E-state index in [0.29, 0.717) is 18.8 Å². The molecule has 0 saturated heterocycles. The van der Waals surface area contributed by atoms with Gasteiger partial charge in [0.1, 0.15) is 6.10 Å². The highest BCUT2D eigenvalue weighted by molar-refractivity contribution is 5.82. The lowest BCUT2D eigenvalue weighted by Crippen LogP contribution is -2.20. The fourth-order valence-electron chi connectivity index (χ4n) is 0.814. The van der Waals surface area contributed by atoms with Gasteiger partial charge in [0.2, 0.25) is 0 Å². The molecule has 0 aromatic heterocycles. The van der Waals surface area contributed by atoms with Gasteiger partial charge in [-0.2, -0.15) is 0 Å². The van der Waals surface area contributed by atoms with E-state index in [1.54, 1.807) is 6.92 Å². The quantitative estimate of drug-likeness (QED) is 0.647. The predicted octanol–water partition coefficient (Wildman–Crippen LogP) is 1.37. The summed E-state index contributed by atoms with van der Waals surface area (Å²) in [6, 6.07) is 0. The van der Waals surface area contributed by atoms with E-state index >= 15 is 0 Å². The van der Waals surface area contributed by atoms with Crippen LogP contribution in [0.2, 0.25) is 0 Å². The minimum absolute atomic E-state index is 0.0475. The van der Waals surface area contributed by atoms with Crippen LogP contribution >= 0.6 is 0 Å². The van der Waals surface area contributed by atoms with E-state index in [9.17, 15) is 4.79 Å². The van der Waals surface area contributed by atoms with Crippen LogP contribution in [0.3, 0.4) is 0 Å². The monoisotopic (exact) mass is 144 g/mol. The van der Waals surface area contributed by atoms with Gasteiger partial charge in [-0.05, 0) is 12.3 Å². The second-order valence-corrected chi connectivity index (χ2v) is 2.97. The van der Waals surface area contributed by atoms with Crippen molar-refractivity contribution < 1.29 is 9.90 Å². The minimum atomic E-state index is -0.731. The van der Waals surface area contributed by atoms with Crippen molar-refractivity contribution in [3.8, 4) is 0 Å². The van der Waals surface area contributed by atoms with Gasteiger partial charge in [0, 0.05) is 6.42 Å². The van der Waals surface area contributed by atoms with E-state index in [1.165, 1.54) is 0 Å². The standard InChI is InChI=1S/C8H16O2/c1-4-7(9)8(10)5-6(2)3/h6,8,10H,4-5H2,1-3H3. The van der Waals surface area contributed by atoms with Crippen LogP contribution in [0.25, 0.3) is 0 Å². The molecule has 0 radical (unpaired) electrons. The zero-order chi connectivity index (χ0) is 8.15. The molecule has 0 aromatic carbocycles. The molecular formula is C8H16O2. The third-order valence-electron chi connectivity index (χ3n) is 1.41. The SMILES string of the molecule is CCC(=O)C(O)CC(C)C. The molecular weight excluding hydrogens is 128 g/mol. The van der Waals surface area contributed by atoms with Crippen LogP contribution in [0.1, 0.15) is 33.6 Å². The summed E-state index contributed by atoms with van der Waals surface area (Å²) in [6.07, 6.45) is 0.297. The maximum Gasteiger partial charge on any atom is 0.160 e. The summed E-state index contributed by atoms with van der Waals surface area (Å²) in [5, 5.41) is 9.14. The average Bonchev–Trinajstić information content (AvgIpc) is 1.85. The molecule has 0 spiro atoms. The Morgan fingerprint density at radius 2 is 2.00 bits per heavy atom. The number of ketones is 1. The number of aliphatic hydroxyl groups excluding tert-OH is 1. The second kappa shape index (κ2) is 4.45. The van der Waals surface area contributed by atoms with E-state index in [4.69, 9.17) is 5.11 Å². The lowest BCUT2D eigenvalue weighted by molar-refractivity contribution is -0.127. The Hall–Kier alpha value is -0.370. The summed E-state index contributed by atoms with van der Waals surface area (Å²) >= 11 is 0. The maximum absolute atomic E-state index is 10.8. The first-order valence-electron chi connectivity index (χ1n) is 3.78. The van der Waals surface area contributed by atoms with E-state index in [1.807, 2.05) is 13.8 Å². The Kier molecular flexibility index (Phi) is 4.28. The first-order chi connectivity index (χ1) is 4.57. The largest absolute Gasteiger partial charge is 0.385 e. The van der Waals surface area contributed by atoms with E-state index in [-0.39, 0.29) is 5.78 Å². The smallest absolute Gasteiger partial charge is 0.160 e. The van der Waals surface area contributed by atoms with Gasteiger partial charge in [-0.1, -0.05) is 20.8 Å². The molecule has 1 atom stereocenters. The fraction of sp³-hybridized carbons (Fsp3) is 0.875. The van der Waals surface area contributed by atoms with Crippen molar-refractivity contribution in [2.75, 3.05) is 0 Å². The molecule has 0 bridgehead atoms. The Morgan fingerprint density at radius 1 is 1.50 bits per heavy atom. The van der Waals surface area contributed by atoms with E-state index < -0.39 is 6.10 Å². The van der Waals surface area contributed by atoms with Crippen LogP contribution in [0.5, 0.6) is 0 Å². The number of aliphatic hydroxyl groups is 1. The zero-order valence-electron chi connectivity index (χ0n) is 6.92. The first-order valence-corrected chi connectivity index (χ1v) is 3.78. The highest BCUT2D eigenvalue weighted by Crippen LogP contribution is 2.06. The summed E-state index contributed by atoms with van der Waals surface area (Å²) in [4.78, 5) is 10.8. The molecule has 10 heavy (non-hydrogen) atoms. The van der Waals surface area contributed by atoms with Crippen LogP contribution in [-0.2, 0) is 4.79 Å². The van der Waals surface area contributed by atoms with Crippen LogP contribution in [-0.4, -0.2) is 17.0 Å². The third-order valence-corrected chi connectivity index (χ3v) is 1.41. The lowest BCUT2D eigenvalue weighted by atomic mass is 10.0. The summed E-state index contributed by atoms with van der Waals surface area (Å²) in [7, 11) is 0. The lowest BCUT2D eigenvalue weighted by Gasteiger charge is -2.09. The first kappa shape index (κ1) is 9.63. The summed E-state index contributed by atoms with van der Waals surface area (Å²) in [6.45, 7) is 5.75. The molecule has 2 nitrogen and oxygen atoms in total. The molecule has 0 fully saturated rings. The maximum atomic E-state index is 10.8. The molecule has 0 aliphatic rings. The van der Waals surface area contributed by atoms with Crippen molar-refractivity contribution >= 4 is 5.78 Å². The Balaban J connectivity index is 3.61. The van der Waals surface area contributed by atoms with Crippen LogP contribution in [0.4, 0.5) is 0 Å². The molecule has 2 heteroatoms. The normalized spacial score (nSPS) is 13.7. The zero-order valence-corrected chi connectivity index (χ0v) is 6.92. The van der Waals surface area contributed by atoms with Gasteiger partial charge in [-0.3, -0.25) is 4.79 Å². The van der Waals surface area contributed by atoms with Gasteiger partial charge >= 0.3 is 0 Å². The van der Waals surface area contributed by atoms with Gasteiger partial charge in [0.25, 0.3) is 0 Å². The van der Waals surface area contributed by atoms with Crippen molar-refractivity contribution in [3.63, 3.8) is 0 Å². The van der Waals surface area contributed by atoms with E-state index in [2.05, 4.69) is 0 Å². The van der Waals surface area contributed by atoms with Gasteiger partial charge < -0.3 is 5.11 Å². The molecule has 0 rings (SSSR count). The molecule has 1 N–H and O–H groups in total. The number of Topliss-reactive ketones (excluding diaryl/α,β-unsaturated/α-hetero) is 1. The highest BCUT2D eigenvalue weighted by atomic mass is 16.3. The number of hydrogen-bond donors (Lipinski definition) is 1. The molecule has 0 aliphatic heterocycles. The molecule has 0 saturated carbocycles. The fourth-order valence-corrected chi connectivity index (χ4v) is 0.814. The summed E-state index contributed by atoms with van der Waals surface area (Å²) < 4.78 is 0. The summed E-state index contributed by atoms with van der Waals surface area (Å²) in [5.41, 5.74) is 0. The van der Waals surface area contributed by atoms with Gasteiger partial charge in [0.05, 0.1) is 0 Å². The van der Waals surface area contributed by atoms with Crippen LogP contribution in [0.15, 0.2) is 0 Å². The second-order valence-electron chi connectivity index (χ2n) is 2.97. The van der Waals surface area contributed by atoms with Crippen molar-refractivity contribution in [2.24, 2.45) is 5.92 Å². The molecule has 1 unspecified atom stereocenters. The molecule has 0 amide bonds. The van der Waals surface area contributed by atoms with Gasteiger partial charge in [-0.25, -0.2) is 0 Å². The van der Waals surface area contributed by atoms with Gasteiger partial charge in [-0.15, -0.1) is 0 Å². The summed E-state index contributed by atoms with van der Waals surface area (Å²) in [5.74, 6) is 0.346. The number of rotatable bonds is 4. The Bertz CT molecular complexity index is 108. The Labute approximate surface area is 62.2 Å².